The Kier molecular flexibility index (Phi) is 3.59. The van der Waals surface area contributed by atoms with Crippen LogP contribution in [0.5, 0.6) is 5.75 Å². The number of anilines is 1. The van der Waals surface area contributed by atoms with Crippen molar-refractivity contribution in [1.82, 2.24) is 0 Å². The van der Waals surface area contributed by atoms with Gasteiger partial charge in [0.15, 0.2) is 0 Å². The lowest BCUT2D eigenvalue weighted by atomic mass is 10.2. The molecular weight excluding hydrogens is 238 g/mol. The number of nitrogens with one attached hydrogen (secondary N) is 1. The molecule has 0 aliphatic rings. The molecule has 0 bridgehead atoms. The predicted molar refractivity (Wildman–Crippen MR) is 68.7 cm³/mol. The zero-order chi connectivity index (χ0) is 12.3. The first-order chi connectivity index (χ1) is 8.20. The summed E-state index contributed by atoms with van der Waals surface area (Å²) < 4.78 is 10.4. The smallest absolute Gasteiger partial charge is 0.137 e. The Morgan fingerprint density at radius 1 is 1.35 bits per heavy atom. The summed E-state index contributed by atoms with van der Waals surface area (Å²) in [6.45, 7) is 2.02. The molecule has 2 aromatic rings. The van der Waals surface area contributed by atoms with Crippen LogP contribution in [0.3, 0.4) is 0 Å². The van der Waals surface area contributed by atoms with Crippen molar-refractivity contribution in [3.05, 3.63) is 47.4 Å². The van der Waals surface area contributed by atoms with Crippen LogP contribution in [0.25, 0.3) is 0 Å². The van der Waals surface area contributed by atoms with E-state index in [1.807, 2.05) is 37.3 Å². The Morgan fingerprint density at radius 2 is 2.18 bits per heavy atom. The van der Waals surface area contributed by atoms with Gasteiger partial charge in [-0.2, -0.15) is 0 Å². The summed E-state index contributed by atoms with van der Waals surface area (Å²) >= 11 is 6.05. The van der Waals surface area contributed by atoms with E-state index in [0.717, 1.165) is 11.4 Å². The van der Waals surface area contributed by atoms with E-state index in [1.54, 1.807) is 13.4 Å². The molecule has 0 radical (unpaired) electrons. The molecule has 1 N–H and O–H groups in total. The molecule has 1 aromatic carbocycles. The first-order valence-corrected chi connectivity index (χ1v) is 5.72. The van der Waals surface area contributed by atoms with E-state index >= 15 is 0 Å². The second-order valence-corrected chi connectivity index (χ2v) is 4.14. The van der Waals surface area contributed by atoms with Crippen LogP contribution in [-0.4, -0.2) is 7.11 Å². The Bertz CT molecular complexity index is 482. The van der Waals surface area contributed by atoms with Gasteiger partial charge in [-0.3, -0.25) is 0 Å². The summed E-state index contributed by atoms with van der Waals surface area (Å²) in [6.07, 6.45) is 1.66. The minimum absolute atomic E-state index is 0.0921. The number of ether oxygens (including phenoxy) is 1. The lowest BCUT2D eigenvalue weighted by Gasteiger charge is -2.13. The van der Waals surface area contributed by atoms with Crippen LogP contribution < -0.4 is 10.1 Å². The second-order valence-electron chi connectivity index (χ2n) is 3.73. The van der Waals surface area contributed by atoms with Crippen molar-refractivity contribution in [2.75, 3.05) is 12.4 Å². The van der Waals surface area contributed by atoms with Gasteiger partial charge >= 0.3 is 0 Å². The highest BCUT2D eigenvalue weighted by Crippen LogP contribution is 2.29. The van der Waals surface area contributed by atoms with Crippen LogP contribution >= 0.6 is 11.6 Å². The van der Waals surface area contributed by atoms with Gasteiger partial charge in [0.1, 0.15) is 11.5 Å². The molecule has 2 rings (SSSR count). The largest absolute Gasteiger partial charge is 0.495 e. The van der Waals surface area contributed by atoms with E-state index in [4.69, 9.17) is 20.8 Å². The van der Waals surface area contributed by atoms with Crippen LogP contribution in [0.15, 0.2) is 41.0 Å². The fourth-order valence-electron chi connectivity index (χ4n) is 1.61. The summed E-state index contributed by atoms with van der Waals surface area (Å²) in [7, 11) is 1.60. The quantitative estimate of drug-likeness (QED) is 0.888. The summed E-state index contributed by atoms with van der Waals surface area (Å²) in [6, 6.07) is 9.48. The van der Waals surface area contributed by atoms with Gasteiger partial charge in [0.2, 0.25) is 0 Å². The van der Waals surface area contributed by atoms with Crippen molar-refractivity contribution in [2.45, 2.75) is 13.0 Å². The van der Waals surface area contributed by atoms with E-state index in [1.165, 1.54) is 0 Å². The average molecular weight is 252 g/mol. The number of halogens is 1. The van der Waals surface area contributed by atoms with Crippen molar-refractivity contribution in [3.8, 4) is 5.75 Å². The van der Waals surface area contributed by atoms with Crippen LogP contribution in [-0.2, 0) is 0 Å². The van der Waals surface area contributed by atoms with E-state index < -0.39 is 0 Å². The average Bonchev–Trinajstić information content (AvgIpc) is 2.82. The van der Waals surface area contributed by atoms with Gasteiger partial charge in [0, 0.05) is 5.69 Å². The van der Waals surface area contributed by atoms with Crippen molar-refractivity contribution < 1.29 is 9.15 Å². The number of benzene rings is 1. The summed E-state index contributed by atoms with van der Waals surface area (Å²) in [5.41, 5.74) is 0.930. The number of methoxy groups -OCH3 is 1. The van der Waals surface area contributed by atoms with E-state index in [2.05, 4.69) is 5.32 Å². The highest BCUT2D eigenvalue weighted by Gasteiger charge is 2.09. The fourth-order valence-corrected chi connectivity index (χ4v) is 1.87. The van der Waals surface area contributed by atoms with Gasteiger partial charge in [0.05, 0.1) is 24.4 Å². The molecule has 0 aliphatic carbocycles. The van der Waals surface area contributed by atoms with Crippen LogP contribution in [0.4, 0.5) is 5.69 Å². The van der Waals surface area contributed by atoms with Crippen molar-refractivity contribution in [3.63, 3.8) is 0 Å². The zero-order valence-electron chi connectivity index (χ0n) is 9.74. The Balaban J connectivity index is 2.11. The van der Waals surface area contributed by atoms with Crippen molar-refractivity contribution >= 4 is 17.3 Å². The molecule has 1 unspecified atom stereocenters. The molecule has 4 heteroatoms. The topological polar surface area (TPSA) is 34.4 Å². The highest BCUT2D eigenvalue weighted by atomic mass is 35.5. The number of hydrogen-bond acceptors (Lipinski definition) is 3. The molecule has 0 fully saturated rings. The Hall–Kier alpha value is -1.61. The molecule has 1 aromatic heterocycles. The van der Waals surface area contributed by atoms with Crippen LogP contribution in [0, 0.1) is 0 Å². The number of furan rings is 1. The van der Waals surface area contributed by atoms with Gasteiger partial charge in [-0.1, -0.05) is 11.6 Å². The molecule has 0 saturated carbocycles. The fraction of sp³-hybridized carbons (Fsp3) is 0.231. The highest BCUT2D eigenvalue weighted by molar-refractivity contribution is 6.32. The van der Waals surface area contributed by atoms with Crippen LogP contribution in [0.1, 0.15) is 18.7 Å². The summed E-state index contributed by atoms with van der Waals surface area (Å²) in [5, 5.41) is 3.89. The molecule has 17 heavy (non-hydrogen) atoms. The lowest BCUT2D eigenvalue weighted by Crippen LogP contribution is -2.05. The third-order valence-corrected chi connectivity index (χ3v) is 2.80. The lowest BCUT2D eigenvalue weighted by molar-refractivity contribution is 0.415. The summed E-state index contributed by atoms with van der Waals surface area (Å²) in [5.74, 6) is 1.56. The van der Waals surface area contributed by atoms with Crippen molar-refractivity contribution in [2.24, 2.45) is 0 Å². The number of hydrogen-bond donors (Lipinski definition) is 1. The van der Waals surface area contributed by atoms with Gasteiger partial charge < -0.3 is 14.5 Å². The van der Waals surface area contributed by atoms with E-state index in [9.17, 15) is 0 Å². The second kappa shape index (κ2) is 5.15. The molecule has 90 valence electrons. The molecule has 1 heterocycles. The third-order valence-electron chi connectivity index (χ3n) is 2.50. The van der Waals surface area contributed by atoms with Gasteiger partial charge in [-0.05, 0) is 37.3 Å². The normalized spacial score (nSPS) is 12.2. The predicted octanol–water partition coefficient (Wildman–Crippen LogP) is 4.11. The van der Waals surface area contributed by atoms with Crippen molar-refractivity contribution in [1.29, 1.82) is 0 Å². The maximum absolute atomic E-state index is 6.05. The first-order valence-electron chi connectivity index (χ1n) is 5.34. The molecule has 1 atom stereocenters. The Morgan fingerprint density at radius 3 is 2.76 bits per heavy atom. The number of rotatable bonds is 4. The third kappa shape index (κ3) is 2.74. The molecule has 0 amide bonds. The molecular formula is C13H14ClNO2. The van der Waals surface area contributed by atoms with E-state index in [0.29, 0.717) is 10.8 Å². The monoisotopic (exact) mass is 251 g/mol. The van der Waals surface area contributed by atoms with Gasteiger partial charge in [0.25, 0.3) is 0 Å². The molecule has 0 spiro atoms. The van der Waals surface area contributed by atoms with Gasteiger partial charge in [-0.15, -0.1) is 0 Å². The minimum atomic E-state index is 0.0921. The minimum Gasteiger partial charge on any atom is -0.495 e. The first kappa shape index (κ1) is 11.9. The standard InChI is InChI=1S/C13H14ClNO2/c1-9(12-4-3-7-17-12)15-10-5-6-13(16-2)11(14)8-10/h3-9,15H,1-2H3. The van der Waals surface area contributed by atoms with Gasteiger partial charge in [-0.25, -0.2) is 0 Å². The molecule has 0 aliphatic heterocycles. The maximum atomic E-state index is 6.05. The summed E-state index contributed by atoms with van der Waals surface area (Å²) in [4.78, 5) is 0. The van der Waals surface area contributed by atoms with Crippen LogP contribution in [0.2, 0.25) is 5.02 Å². The Labute approximate surface area is 105 Å². The zero-order valence-corrected chi connectivity index (χ0v) is 10.5. The molecule has 3 nitrogen and oxygen atoms in total. The van der Waals surface area contributed by atoms with E-state index in [-0.39, 0.29) is 6.04 Å². The maximum Gasteiger partial charge on any atom is 0.137 e. The SMILES string of the molecule is COc1ccc(NC(C)c2ccco2)cc1Cl. The molecule has 0 saturated heterocycles.